The molecule has 1 saturated heterocycles. The molecule has 0 bridgehead atoms. The first-order valence-electron chi connectivity index (χ1n) is 7.45. The highest BCUT2D eigenvalue weighted by molar-refractivity contribution is 9.10. The Bertz CT molecular complexity index is 627. The Hall–Kier alpha value is -1.81. The Morgan fingerprint density at radius 2 is 1.86 bits per heavy atom. The summed E-state index contributed by atoms with van der Waals surface area (Å²) in [4.78, 5) is 14.4. The van der Waals surface area contributed by atoms with E-state index in [2.05, 4.69) is 45.1 Å². The van der Waals surface area contributed by atoms with E-state index in [1.54, 1.807) is 12.1 Å². The van der Waals surface area contributed by atoms with Crippen LogP contribution in [0.3, 0.4) is 0 Å². The maximum atomic E-state index is 12.0. The smallest absolute Gasteiger partial charge is 0.338 e. The quantitative estimate of drug-likeness (QED) is 0.768. The second-order valence-electron chi connectivity index (χ2n) is 5.54. The minimum Gasteiger partial charge on any atom is -0.462 e. The third-order valence-corrected chi connectivity index (χ3v) is 4.47. The van der Waals surface area contributed by atoms with Crippen LogP contribution in [0.15, 0.2) is 59.1 Å². The summed E-state index contributed by atoms with van der Waals surface area (Å²) in [5, 5.41) is 0. The van der Waals surface area contributed by atoms with Gasteiger partial charge in [-0.3, -0.25) is 0 Å². The van der Waals surface area contributed by atoms with Crippen LogP contribution in [-0.4, -0.2) is 25.7 Å². The molecule has 0 radical (unpaired) electrons. The van der Waals surface area contributed by atoms with Gasteiger partial charge >= 0.3 is 5.97 Å². The van der Waals surface area contributed by atoms with Crippen molar-refractivity contribution in [2.45, 2.75) is 6.42 Å². The van der Waals surface area contributed by atoms with Gasteiger partial charge in [-0.2, -0.15) is 0 Å². The van der Waals surface area contributed by atoms with Crippen molar-refractivity contribution in [3.8, 4) is 0 Å². The molecule has 1 aliphatic rings. The normalized spacial score (nSPS) is 17.5. The van der Waals surface area contributed by atoms with Gasteiger partial charge < -0.3 is 9.64 Å². The van der Waals surface area contributed by atoms with E-state index in [0.29, 0.717) is 18.1 Å². The van der Waals surface area contributed by atoms with Gasteiger partial charge in [-0.25, -0.2) is 4.79 Å². The van der Waals surface area contributed by atoms with E-state index < -0.39 is 0 Å². The number of hydrogen-bond acceptors (Lipinski definition) is 3. The van der Waals surface area contributed by atoms with Crippen LogP contribution in [0.4, 0.5) is 5.69 Å². The molecule has 114 valence electrons. The average molecular weight is 360 g/mol. The first kappa shape index (κ1) is 15.1. The average Bonchev–Trinajstić information content (AvgIpc) is 3.03. The van der Waals surface area contributed by atoms with Gasteiger partial charge in [-0.05, 0) is 42.8 Å². The number of hydrogen-bond donors (Lipinski definition) is 0. The third kappa shape index (κ3) is 3.69. The predicted molar refractivity (Wildman–Crippen MR) is 91.2 cm³/mol. The van der Waals surface area contributed by atoms with Crippen LogP contribution in [0.1, 0.15) is 16.8 Å². The number of carbonyl (C=O) groups excluding carboxylic acids is 1. The molecule has 3 rings (SSSR count). The molecule has 1 atom stereocenters. The fraction of sp³-hybridized carbons (Fsp3) is 0.278. The van der Waals surface area contributed by atoms with E-state index >= 15 is 0 Å². The molecule has 3 nitrogen and oxygen atoms in total. The number of ether oxygens (including phenoxy) is 1. The van der Waals surface area contributed by atoms with Crippen molar-refractivity contribution >= 4 is 27.6 Å². The Kier molecular flexibility index (Phi) is 4.78. The van der Waals surface area contributed by atoms with Crippen LogP contribution in [0.2, 0.25) is 0 Å². The summed E-state index contributed by atoms with van der Waals surface area (Å²) in [6.45, 7) is 2.44. The second-order valence-corrected chi connectivity index (χ2v) is 6.46. The van der Waals surface area contributed by atoms with Crippen LogP contribution >= 0.6 is 15.9 Å². The van der Waals surface area contributed by atoms with Gasteiger partial charge in [0.25, 0.3) is 0 Å². The van der Waals surface area contributed by atoms with Gasteiger partial charge in [-0.15, -0.1) is 0 Å². The third-order valence-electron chi connectivity index (χ3n) is 3.94. The number of carbonyl (C=O) groups is 1. The zero-order valence-corrected chi connectivity index (χ0v) is 13.8. The minimum absolute atomic E-state index is 0.245. The van der Waals surface area contributed by atoms with E-state index in [4.69, 9.17) is 4.74 Å². The standard InChI is InChI=1S/C18H18BrNO2/c19-16-8-6-15(7-9-16)18(21)22-13-14-10-11-20(12-14)17-4-2-1-3-5-17/h1-9,14H,10-13H2. The maximum absolute atomic E-state index is 12.0. The van der Waals surface area contributed by atoms with Gasteiger partial charge in [0.05, 0.1) is 12.2 Å². The minimum atomic E-state index is -0.245. The zero-order valence-electron chi connectivity index (χ0n) is 12.2. The highest BCUT2D eigenvalue weighted by Crippen LogP contribution is 2.23. The lowest BCUT2D eigenvalue weighted by Gasteiger charge is -2.18. The van der Waals surface area contributed by atoms with Crippen LogP contribution in [-0.2, 0) is 4.74 Å². The van der Waals surface area contributed by atoms with Crippen molar-refractivity contribution < 1.29 is 9.53 Å². The highest BCUT2D eigenvalue weighted by atomic mass is 79.9. The number of benzene rings is 2. The number of para-hydroxylation sites is 1. The molecule has 4 heteroatoms. The fourth-order valence-corrected chi connectivity index (χ4v) is 2.97. The van der Waals surface area contributed by atoms with Crippen molar-refractivity contribution in [2.24, 2.45) is 5.92 Å². The summed E-state index contributed by atoms with van der Waals surface area (Å²) in [6, 6.07) is 17.6. The van der Waals surface area contributed by atoms with Crippen LogP contribution in [0.25, 0.3) is 0 Å². The molecule has 0 amide bonds. The lowest BCUT2D eigenvalue weighted by atomic mass is 10.1. The molecule has 2 aromatic carbocycles. The van der Waals surface area contributed by atoms with Crippen LogP contribution in [0, 0.1) is 5.92 Å². The first-order chi connectivity index (χ1) is 10.7. The molecule has 1 heterocycles. The van der Waals surface area contributed by atoms with Crippen LogP contribution in [0.5, 0.6) is 0 Å². The van der Waals surface area contributed by atoms with Gasteiger partial charge in [-0.1, -0.05) is 34.1 Å². The van der Waals surface area contributed by atoms with Gasteiger partial charge in [0, 0.05) is 29.2 Å². The summed E-state index contributed by atoms with van der Waals surface area (Å²) in [5.74, 6) is 0.158. The van der Waals surface area contributed by atoms with Gasteiger partial charge in [0.15, 0.2) is 0 Å². The molecule has 0 spiro atoms. The molecule has 0 aliphatic carbocycles. The molecule has 22 heavy (non-hydrogen) atoms. The number of halogens is 1. The van der Waals surface area contributed by atoms with Crippen molar-refractivity contribution in [3.05, 3.63) is 64.6 Å². The Balaban J connectivity index is 1.50. The van der Waals surface area contributed by atoms with E-state index in [9.17, 15) is 4.79 Å². The van der Waals surface area contributed by atoms with Gasteiger partial charge in [0.1, 0.15) is 0 Å². The molecule has 1 aliphatic heterocycles. The fourth-order valence-electron chi connectivity index (χ4n) is 2.70. The van der Waals surface area contributed by atoms with Crippen molar-refractivity contribution in [3.63, 3.8) is 0 Å². The SMILES string of the molecule is O=C(OCC1CCN(c2ccccc2)C1)c1ccc(Br)cc1. The van der Waals surface area contributed by atoms with Crippen molar-refractivity contribution in [1.29, 1.82) is 0 Å². The monoisotopic (exact) mass is 359 g/mol. The van der Waals surface area contributed by atoms with E-state index in [0.717, 1.165) is 24.0 Å². The Morgan fingerprint density at radius 3 is 2.59 bits per heavy atom. The van der Waals surface area contributed by atoms with E-state index in [1.807, 2.05) is 18.2 Å². The zero-order chi connectivity index (χ0) is 15.4. The summed E-state index contributed by atoms with van der Waals surface area (Å²) in [5.41, 5.74) is 1.84. The van der Waals surface area contributed by atoms with Crippen molar-refractivity contribution in [1.82, 2.24) is 0 Å². The molecular weight excluding hydrogens is 342 g/mol. The summed E-state index contributed by atoms with van der Waals surface area (Å²) < 4.78 is 6.41. The first-order valence-corrected chi connectivity index (χ1v) is 8.24. The summed E-state index contributed by atoms with van der Waals surface area (Å²) in [7, 11) is 0. The van der Waals surface area contributed by atoms with Gasteiger partial charge in [0.2, 0.25) is 0 Å². The topological polar surface area (TPSA) is 29.5 Å². The second kappa shape index (κ2) is 6.97. The summed E-state index contributed by atoms with van der Waals surface area (Å²) >= 11 is 3.36. The molecule has 1 fully saturated rings. The van der Waals surface area contributed by atoms with Crippen molar-refractivity contribution in [2.75, 3.05) is 24.6 Å². The molecule has 1 unspecified atom stereocenters. The van der Waals surface area contributed by atoms with E-state index in [1.165, 1.54) is 5.69 Å². The lowest BCUT2D eigenvalue weighted by molar-refractivity contribution is 0.0451. The maximum Gasteiger partial charge on any atom is 0.338 e. The molecule has 0 N–H and O–H groups in total. The molecule has 2 aromatic rings. The molecule has 0 aromatic heterocycles. The highest BCUT2D eigenvalue weighted by Gasteiger charge is 2.24. The number of nitrogens with zero attached hydrogens (tertiary/aromatic N) is 1. The lowest BCUT2D eigenvalue weighted by Crippen LogP contribution is -2.21. The number of anilines is 1. The predicted octanol–water partition coefficient (Wildman–Crippen LogP) is 4.13. The van der Waals surface area contributed by atoms with Crippen LogP contribution < -0.4 is 4.90 Å². The number of rotatable bonds is 4. The largest absolute Gasteiger partial charge is 0.462 e. The summed E-state index contributed by atoms with van der Waals surface area (Å²) in [6.07, 6.45) is 1.06. The Morgan fingerprint density at radius 1 is 1.14 bits per heavy atom. The Labute approximate surface area is 139 Å². The number of esters is 1. The molecule has 0 saturated carbocycles. The van der Waals surface area contributed by atoms with E-state index in [-0.39, 0.29) is 5.97 Å². The molecular formula is C18H18BrNO2.